The van der Waals surface area contributed by atoms with Gasteiger partial charge in [-0.1, -0.05) is 31.0 Å². The molecule has 0 spiro atoms. The van der Waals surface area contributed by atoms with Gasteiger partial charge in [0.05, 0.1) is 19.3 Å². The maximum atomic E-state index is 5.25. The molecule has 0 N–H and O–H groups in total. The molecule has 1 aliphatic heterocycles. The highest BCUT2D eigenvalue weighted by molar-refractivity contribution is 5.27. The monoisotopic (exact) mass is 378 g/mol. The minimum atomic E-state index is -0.0347. The van der Waals surface area contributed by atoms with Gasteiger partial charge in [0.25, 0.3) is 0 Å². The molecule has 0 saturated carbocycles. The highest BCUT2D eigenvalue weighted by Crippen LogP contribution is 2.28. The van der Waals surface area contributed by atoms with Crippen LogP contribution in [-0.4, -0.2) is 50.3 Å². The van der Waals surface area contributed by atoms with E-state index in [2.05, 4.69) is 31.5 Å². The van der Waals surface area contributed by atoms with Crippen molar-refractivity contribution in [3.05, 3.63) is 65.7 Å². The van der Waals surface area contributed by atoms with Gasteiger partial charge in [-0.05, 0) is 66.2 Å². The lowest BCUT2D eigenvalue weighted by atomic mass is 10.1. The van der Waals surface area contributed by atoms with Crippen LogP contribution >= 0.6 is 0 Å². The third-order valence-corrected chi connectivity index (χ3v) is 5.27. The highest BCUT2D eigenvalue weighted by Gasteiger charge is 2.29. The normalized spacial score (nSPS) is 16.5. The van der Waals surface area contributed by atoms with Gasteiger partial charge in [0, 0.05) is 6.20 Å². The molecule has 1 unspecified atom stereocenters. The maximum Gasteiger partial charge on any atom is 0.174 e. The Labute approximate surface area is 165 Å². The van der Waals surface area contributed by atoms with Crippen molar-refractivity contribution in [2.45, 2.75) is 38.3 Å². The average Bonchev–Trinajstić information content (AvgIpc) is 3.02. The Hall–Kier alpha value is -2.80. The van der Waals surface area contributed by atoms with Gasteiger partial charge in [-0.3, -0.25) is 9.88 Å². The predicted molar refractivity (Wildman–Crippen MR) is 106 cm³/mol. The van der Waals surface area contributed by atoms with Crippen molar-refractivity contribution in [3.63, 3.8) is 0 Å². The van der Waals surface area contributed by atoms with Gasteiger partial charge < -0.3 is 4.74 Å². The van der Waals surface area contributed by atoms with Gasteiger partial charge in [0.15, 0.2) is 5.82 Å². The molecule has 1 fully saturated rings. The summed E-state index contributed by atoms with van der Waals surface area (Å²) in [6.07, 6.45) is 6.80. The summed E-state index contributed by atoms with van der Waals surface area (Å²) in [5.74, 6) is 1.69. The lowest BCUT2D eigenvalue weighted by Gasteiger charge is -2.29. The summed E-state index contributed by atoms with van der Waals surface area (Å²) in [5, 5.41) is 12.7. The fourth-order valence-electron chi connectivity index (χ4n) is 3.80. The standard InChI is InChI=1S/C21H26N6O/c1-28-18-11-9-17(10-12-18)16-27-21(23-24-25-27)20(19-8-4-5-13-22-19)26-14-6-2-3-7-15-26/h4-5,8-13,20H,2-3,6-7,14-16H2,1H3. The third-order valence-electron chi connectivity index (χ3n) is 5.27. The van der Waals surface area contributed by atoms with E-state index in [-0.39, 0.29) is 6.04 Å². The third kappa shape index (κ3) is 4.20. The highest BCUT2D eigenvalue weighted by atomic mass is 16.5. The quantitative estimate of drug-likeness (QED) is 0.657. The molecular formula is C21H26N6O. The lowest BCUT2D eigenvalue weighted by Crippen LogP contribution is -2.33. The lowest BCUT2D eigenvalue weighted by molar-refractivity contribution is 0.218. The Morgan fingerprint density at radius 2 is 1.79 bits per heavy atom. The number of hydrogen-bond donors (Lipinski definition) is 0. The Balaban J connectivity index is 1.65. The van der Waals surface area contributed by atoms with Crippen LogP contribution in [-0.2, 0) is 6.54 Å². The van der Waals surface area contributed by atoms with E-state index in [4.69, 9.17) is 4.74 Å². The van der Waals surface area contributed by atoms with Crippen LogP contribution < -0.4 is 4.74 Å². The van der Waals surface area contributed by atoms with Gasteiger partial charge in [-0.2, -0.15) is 0 Å². The number of pyridine rings is 1. The molecule has 3 heterocycles. The summed E-state index contributed by atoms with van der Waals surface area (Å²) < 4.78 is 7.15. The fourth-order valence-corrected chi connectivity index (χ4v) is 3.80. The molecule has 1 aromatic carbocycles. The van der Waals surface area contributed by atoms with E-state index in [0.29, 0.717) is 6.54 Å². The number of ether oxygens (including phenoxy) is 1. The zero-order valence-electron chi connectivity index (χ0n) is 16.2. The van der Waals surface area contributed by atoms with Crippen LogP contribution in [0, 0.1) is 0 Å². The van der Waals surface area contributed by atoms with Gasteiger partial charge in [0.2, 0.25) is 0 Å². The molecule has 4 rings (SSSR count). The number of hydrogen-bond acceptors (Lipinski definition) is 6. The smallest absolute Gasteiger partial charge is 0.174 e. The van der Waals surface area contributed by atoms with Crippen LogP contribution in [0.25, 0.3) is 0 Å². The summed E-state index contributed by atoms with van der Waals surface area (Å²) in [7, 11) is 1.67. The van der Waals surface area contributed by atoms with Crippen molar-refractivity contribution in [1.29, 1.82) is 0 Å². The molecule has 7 nitrogen and oxygen atoms in total. The van der Waals surface area contributed by atoms with Crippen molar-refractivity contribution in [2.75, 3.05) is 20.2 Å². The van der Waals surface area contributed by atoms with Crippen LogP contribution in [0.1, 0.15) is 48.8 Å². The molecule has 1 saturated heterocycles. The zero-order valence-corrected chi connectivity index (χ0v) is 16.2. The second-order valence-corrected chi connectivity index (χ2v) is 7.15. The number of aromatic nitrogens is 5. The first-order chi connectivity index (χ1) is 13.8. The van der Waals surface area contributed by atoms with E-state index in [9.17, 15) is 0 Å². The number of methoxy groups -OCH3 is 1. The molecule has 7 heteroatoms. The first kappa shape index (κ1) is 18.6. The van der Waals surface area contributed by atoms with Crippen LogP contribution in [0.15, 0.2) is 48.7 Å². The number of tetrazole rings is 1. The number of likely N-dealkylation sites (tertiary alicyclic amines) is 1. The number of benzene rings is 1. The van der Waals surface area contributed by atoms with Gasteiger partial charge in [-0.15, -0.1) is 5.10 Å². The summed E-state index contributed by atoms with van der Waals surface area (Å²) in [6.45, 7) is 2.69. The second-order valence-electron chi connectivity index (χ2n) is 7.15. The predicted octanol–water partition coefficient (Wildman–Crippen LogP) is 3.09. The number of nitrogens with zero attached hydrogens (tertiary/aromatic N) is 6. The molecule has 146 valence electrons. The van der Waals surface area contributed by atoms with E-state index < -0.39 is 0 Å². The van der Waals surface area contributed by atoms with Gasteiger partial charge >= 0.3 is 0 Å². The topological polar surface area (TPSA) is 69.0 Å². The largest absolute Gasteiger partial charge is 0.497 e. The number of rotatable bonds is 6. The van der Waals surface area contributed by atoms with Gasteiger partial charge in [-0.25, -0.2) is 4.68 Å². The SMILES string of the molecule is COc1ccc(Cn2nnnc2C(c2ccccn2)N2CCCCCC2)cc1. The summed E-state index contributed by atoms with van der Waals surface area (Å²) in [5.41, 5.74) is 2.13. The van der Waals surface area contributed by atoms with E-state index in [0.717, 1.165) is 35.9 Å². The van der Waals surface area contributed by atoms with Crippen LogP contribution in [0.2, 0.25) is 0 Å². The molecule has 1 atom stereocenters. The molecule has 3 aromatic rings. The molecular weight excluding hydrogens is 352 g/mol. The van der Waals surface area contributed by atoms with Crippen LogP contribution in [0.4, 0.5) is 0 Å². The van der Waals surface area contributed by atoms with E-state index in [1.807, 2.05) is 47.3 Å². The molecule has 0 radical (unpaired) electrons. The summed E-state index contributed by atoms with van der Waals surface area (Å²) >= 11 is 0. The zero-order chi connectivity index (χ0) is 19.2. The Kier molecular flexibility index (Phi) is 5.92. The van der Waals surface area contributed by atoms with E-state index in [1.54, 1.807) is 7.11 Å². The first-order valence-electron chi connectivity index (χ1n) is 9.89. The summed E-state index contributed by atoms with van der Waals surface area (Å²) in [4.78, 5) is 7.12. The Bertz CT molecular complexity index is 856. The van der Waals surface area contributed by atoms with Crippen molar-refractivity contribution < 1.29 is 4.74 Å². The van der Waals surface area contributed by atoms with E-state index in [1.165, 1.54) is 25.7 Å². The maximum absolute atomic E-state index is 5.25. The van der Waals surface area contributed by atoms with Gasteiger partial charge in [0.1, 0.15) is 11.8 Å². The molecule has 0 bridgehead atoms. The molecule has 28 heavy (non-hydrogen) atoms. The second kappa shape index (κ2) is 8.93. The minimum absolute atomic E-state index is 0.0347. The van der Waals surface area contributed by atoms with Crippen molar-refractivity contribution in [3.8, 4) is 5.75 Å². The molecule has 0 amide bonds. The van der Waals surface area contributed by atoms with E-state index >= 15 is 0 Å². The van der Waals surface area contributed by atoms with Crippen LogP contribution in [0.3, 0.4) is 0 Å². The minimum Gasteiger partial charge on any atom is -0.497 e. The van der Waals surface area contributed by atoms with Crippen molar-refractivity contribution >= 4 is 0 Å². The fraction of sp³-hybridized carbons (Fsp3) is 0.429. The Morgan fingerprint density at radius 3 is 2.46 bits per heavy atom. The van der Waals surface area contributed by atoms with Crippen LogP contribution in [0.5, 0.6) is 5.75 Å². The van der Waals surface area contributed by atoms with Crippen molar-refractivity contribution in [2.24, 2.45) is 0 Å². The van der Waals surface area contributed by atoms with Crippen molar-refractivity contribution in [1.82, 2.24) is 30.1 Å². The molecule has 1 aliphatic rings. The molecule has 2 aromatic heterocycles. The summed E-state index contributed by atoms with van der Waals surface area (Å²) in [6, 6.07) is 14.0. The molecule has 0 aliphatic carbocycles. The Morgan fingerprint density at radius 1 is 1.00 bits per heavy atom. The average molecular weight is 378 g/mol. The first-order valence-corrected chi connectivity index (χ1v) is 9.89.